The molecule has 0 saturated carbocycles. The first-order valence-corrected chi connectivity index (χ1v) is 16.3. The van der Waals surface area contributed by atoms with E-state index in [2.05, 4.69) is 22.9 Å². The average molecular weight is 625 g/mol. The van der Waals surface area contributed by atoms with E-state index in [9.17, 15) is 9.00 Å². The molecule has 0 amide bonds. The molecule has 2 unspecified atom stereocenters. The second kappa shape index (κ2) is 14.2. The lowest BCUT2D eigenvalue weighted by Gasteiger charge is -2.23. The lowest BCUT2D eigenvalue weighted by atomic mass is 9.98. The highest BCUT2D eigenvalue weighted by Gasteiger charge is 2.27. The van der Waals surface area contributed by atoms with Gasteiger partial charge >= 0.3 is 5.97 Å². The van der Waals surface area contributed by atoms with Crippen LogP contribution in [0.15, 0.2) is 101 Å². The van der Waals surface area contributed by atoms with E-state index in [1.807, 2.05) is 99.6 Å². The summed E-state index contributed by atoms with van der Waals surface area (Å²) >= 11 is 0. The molecular weight excluding hydrogens is 584 g/mol. The van der Waals surface area contributed by atoms with Gasteiger partial charge in [0.15, 0.2) is 0 Å². The number of nitrogens with two attached hydrogens (primary N) is 1. The third-order valence-electron chi connectivity index (χ3n) is 7.37. The van der Waals surface area contributed by atoms with E-state index in [4.69, 9.17) is 19.6 Å². The fraction of sp³-hybridized carbons (Fsp3) is 0.270. The van der Waals surface area contributed by atoms with Crippen LogP contribution in [0.1, 0.15) is 61.8 Å². The van der Waals surface area contributed by atoms with Gasteiger partial charge in [0.1, 0.15) is 29.7 Å². The molecule has 1 heterocycles. The van der Waals surface area contributed by atoms with Crippen LogP contribution in [0.5, 0.6) is 5.75 Å². The molecule has 3 N–H and O–H groups in total. The summed E-state index contributed by atoms with van der Waals surface area (Å²) in [5.74, 6) is 0.989. The van der Waals surface area contributed by atoms with Crippen molar-refractivity contribution in [3.63, 3.8) is 0 Å². The molecule has 0 aliphatic rings. The highest BCUT2D eigenvalue weighted by Crippen LogP contribution is 2.37. The summed E-state index contributed by atoms with van der Waals surface area (Å²) in [4.78, 5) is 12.2. The highest BCUT2D eigenvalue weighted by molar-refractivity contribution is 7.84. The van der Waals surface area contributed by atoms with E-state index < -0.39 is 21.8 Å². The summed E-state index contributed by atoms with van der Waals surface area (Å²) in [5.41, 5.74) is 12.2. The molecule has 0 saturated heterocycles. The summed E-state index contributed by atoms with van der Waals surface area (Å²) in [5, 5.41) is 0.892. The zero-order chi connectivity index (χ0) is 32.0. The Balaban J connectivity index is 1.57. The molecule has 0 radical (unpaired) electrons. The standard InChI is InChI=1S/C37H40N2O5S/c1-5-42-34(40)22-29-15-9-10-17-32(29)43-24-26-19-30-21-33(35(27-13-7-6-8-14-27)39-45(41)37(2,3)4)44-36(30)31(20-26)28-16-11-12-25(18-28)23-38/h6-21,35,39H,5,22-24,38H2,1-4H3. The van der Waals surface area contributed by atoms with Gasteiger partial charge in [-0.25, -0.2) is 8.93 Å². The van der Waals surface area contributed by atoms with Crippen LogP contribution in [0.4, 0.5) is 0 Å². The predicted molar refractivity (Wildman–Crippen MR) is 180 cm³/mol. The van der Waals surface area contributed by atoms with E-state index >= 15 is 0 Å². The van der Waals surface area contributed by atoms with Crippen LogP contribution in [0.25, 0.3) is 22.1 Å². The smallest absolute Gasteiger partial charge is 0.310 e. The van der Waals surface area contributed by atoms with Gasteiger partial charge in [-0.3, -0.25) is 4.79 Å². The topological polar surface area (TPSA) is 104 Å². The van der Waals surface area contributed by atoms with E-state index in [1.165, 1.54) is 0 Å². The maximum atomic E-state index is 13.3. The molecule has 2 atom stereocenters. The summed E-state index contributed by atoms with van der Waals surface area (Å²) in [6.07, 6.45) is 0.134. The third-order valence-corrected chi connectivity index (χ3v) is 8.94. The first-order valence-electron chi connectivity index (χ1n) is 15.1. The number of ether oxygens (including phenoxy) is 2. The van der Waals surface area contributed by atoms with Crippen molar-refractivity contribution in [1.29, 1.82) is 0 Å². The second-order valence-corrected chi connectivity index (χ2v) is 13.8. The predicted octanol–water partition coefficient (Wildman–Crippen LogP) is 7.38. The summed E-state index contributed by atoms with van der Waals surface area (Å²) in [7, 11) is -1.35. The Bertz CT molecular complexity index is 1790. The van der Waals surface area contributed by atoms with Crippen LogP contribution in [0, 0.1) is 0 Å². The van der Waals surface area contributed by atoms with Crippen molar-refractivity contribution in [2.24, 2.45) is 5.73 Å². The van der Waals surface area contributed by atoms with Gasteiger partial charge in [-0.1, -0.05) is 66.7 Å². The molecule has 7 nitrogen and oxygen atoms in total. The van der Waals surface area contributed by atoms with Crippen LogP contribution in [0.2, 0.25) is 0 Å². The molecule has 0 bridgehead atoms. The highest BCUT2D eigenvalue weighted by atomic mass is 32.2. The molecule has 4 aromatic carbocycles. The SMILES string of the molecule is CCOC(=O)Cc1ccccc1OCc1cc(-c2cccc(CN)c2)c2oc(C(NS(=O)C(C)(C)C)c3ccccc3)cc2c1. The van der Waals surface area contributed by atoms with E-state index in [1.54, 1.807) is 6.92 Å². The van der Waals surface area contributed by atoms with E-state index in [0.29, 0.717) is 24.7 Å². The number of para-hydroxylation sites is 1. The number of rotatable bonds is 12. The summed E-state index contributed by atoms with van der Waals surface area (Å²) in [6.45, 7) is 8.63. The van der Waals surface area contributed by atoms with Gasteiger partial charge in [0.05, 0.1) is 28.8 Å². The van der Waals surface area contributed by atoms with Gasteiger partial charge in [-0.2, -0.15) is 0 Å². The molecule has 0 fully saturated rings. The van der Waals surface area contributed by atoms with E-state index in [-0.39, 0.29) is 19.0 Å². The second-order valence-electron chi connectivity index (χ2n) is 11.8. The molecule has 5 rings (SSSR count). The average Bonchev–Trinajstić information content (AvgIpc) is 3.46. The van der Waals surface area contributed by atoms with Gasteiger partial charge < -0.3 is 19.6 Å². The van der Waals surface area contributed by atoms with Gasteiger partial charge in [-0.05, 0) is 80.3 Å². The number of furan rings is 1. The largest absolute Gasteiger partial charge is 0.489 e. The Morgan fingerprint density at radius 2 is 1.69 bits per heavy atom. The van der Waals surface area contributed by atoms with Gasteiger partial charge in [0.25, 0.3) is 0 Å². The minimum Gasteiger partial charge on any atom is -0.489 e. The molecule has 234 valence electrons. The van der Waals surface area contributed by atoms with E-state index in [0.717, 1.165) is 44.3 Å². The first-order chi connectivity index (χ1) is 21.7. The fourth-order valence-corrected chi connectivity index (χ4v) is 5.90. The molecule has 0 spiro atoms. The Morgan fingerprint density at radius 1 is 0.933 bits per heavy atom. The fourth-order valence-electron chi connectivity index (χ4n) is 5.08. The lowest BCUT2D eigenvalue weighted by Crippen LogP contribution is -2.36. The maximum Gasteiger partial charge on any atom is 0.310 e. The van der Waals surface area contributed by atoms with Crippen LogP contribution >= 0.6 is 0 Å². The lowest BCUT2D eigenvalue weighted by molar-refractivity contribution is -0.142. The molecule has 8 heteroatoms. The number of fused-ring (bicyclic) bond motifs is 1. The Labute approximate surface area is 267 Å². The number of esters is 1. The maximum absolute atomic E-state index is 13.3. The Morgan fingerprint density at radius 3 is 2.42 bits per heavy atom. The quantitative estimate of drug-likeness (QED) is 0.140. The number of hydrogen-bond acceptors (Lipinski definition) is 6. The van der Waals surface area contributed by atoms with Crippen molar-refractivity contribution >= 4 is 27.9 Å². The summed E-state index contributed by atoms with van der Waals surface area (Å²) in [6, 6.07) is 31.2. The number of benzene rings is 4. The number of nitrogens with one attached hydrogen (secondary N) is 1. The van der Waals surface area contributed by atoms with Crippen molar-refractivity contribution in [3.8, 4) is 16.9 Å². The minimum atomic E-state index is -1.35. The van der Waals surface area contributed by atoms with Crippen LogP contribution < -0.4 is 15.2 Å². The van der Waals surface area contributed by atoms with Crippen LogP contribution in [-0.4, -0.2) is 21.5 Å². The van der Waals surface area contributed by atoms with Crippen molar-refractivity contribution in [3.05, 3.63) is 125 Å². The normalized spacial score (nSPS) is 13.0. The molecule has 1 aromatic heterocycles. The van der Waals surface area contributed by atoms with Crippen molar-refractivity contribution in [2.75, 3.05) is 6.61 Å². The molecule has 5 aromatic rings. The van der Waals surface area contributed by atoms with Crippen molar-refractivity contribution in [2.45, 2.75) is 58.1 Å². The van der Waals surface area contributed by atoms with Crippen molar-refractivity contribution < 1.29 is 22.9 Å². The molecule has 0 aliphatic heterocycles. The zero-order valence-electron chi connectivity index (χ0n) is 26.2. The Hall–Kier alpha value is -4.24. The van der Waals surface area contributed by atoms with Gasteiger partial charge in [-0.15, -0.1) is 0 Å². The summed E-state index contributed by atoms with van der Waals surface area (Å²) < 4.78 is 34.2. The number of carbonyl (C=O) groups excluding carboxylic acids is 1. The number of carbonyl (C=O) groups is 1. The first kappa shape index (κ1) is 32.2. The zero-order valence-corrected chi connectivity index (χ0v) is 27.0. The molecule has 45 heavy (non-hydrogen) atoms. The Kier molecular flexibility index (Phi) is 10.2. The van der Waals surface area contributed by atoms with Gasteiger partial charge in [0, 0.05) is 23.1 Å². The monoisotopic (exact) mass is 624 g/mol. The molecule has 0 aliphatic carbocycles. The van der Waals surface area contributed by atoms with Crippen molar-refractivity contribution in [1.82, 2.24) is 4.72 Å². The van der Waals surface area contributed by atoms with Crippen LogP contribution in [-0.2, 0) is 40.1 Å². The van der Waals surface area contributed by atoms with Gasteiger partial charge in [0.2, 0.25) is 0 Å². The molecular formula is C37H40N2O5S. The number of hydrogen-bond donors (Lipinski definition) is 2. The third kappa shape index (κ3) is 7.89. The van der Waals surface area contributed by atoms with Crippen LogP contribution in [0.3, 0.4) is 0 Å². The minimum absolute atomic E-state index is 0.134.